The molecule has 0 amide bonds. The predicted octanol–water partition coefficient (Wildman–Crippen LogP) is 2.35. The molecule has 120 valence electrons. The summed E-state index contributed by atoms with van der Waals surface area (Å²) >= 11 is 0. The van der Waals surface area contributed by atoms with Crippen molar-refractivity contribution in [2.45, 2.75) is 19.3 Å². The molecule has 1 fully saturated rings. The van der Waals surface area contributed by atoms with Crippen LogP contribution in [0.5, 0.6) is 0 Å². The van der Waals surface area contributed by atoms with Crippen LogP contribution in [0.2, 0.25) is 0 Å². The molecule has 0 radical (unpaired) electrons. The van der Waals surface area contributed by atoms with Crippen LogP contribution in [0, 0.1) is 5.41 Å². The molecule has 2 aromatic rings. The van der Waals surface area contributed by atoms with Crippen molar-refractivity contribution in [1.29, 1.82) is 5.41 Å². The largest absolute Gasteiger partial charge is 0.383 e. The van der Waals surface area contributed by atoms with Gasteiger partial charge in [-0.25, -0.2) is 18.7 Å². The Morgan fingerprint density at radius 1 is 1.35 bits per heavy atom. The monoisotopic (exact) mass is 318 g/mol. The number of hydrogen-bond acceptors (Lipinski definition) is 6. The second-order valence-electron chi connectivity index (χ2n) is 5.57. The number of rotatable bonds is 3. The van der Waals surface area contributed by atoms with Crippen LogP contribution in [-0.2, 0) is 0 Å². The van der Waals surface area contributed by atoms with Crippen molar-refractivity contribution in [3.8, 4) is 11.3 Å². The van der Waals surface area contributed by atoms with Crippen molar-refractivity contribution in [1.82, 2.24) is 15.0 Å². The predicted molar refractivity (Wildman–Crippen MR) is 84.0 cm³/mol. The van der Waals surface area contributed by atoms with Crippen molar-refractivity contribution in [2.75, 3.05) is 23.7 Å². The molecule has 0 atom stereocenters. The molecule has 3 rings (SSSR count). The van der Waals surface area contributed by atoms with Gasteiger partial charge in [-0.3, -0.25) is 4.98 Å². The Kier molecular flexibility index (Phi) is 3.67. The molecule has 0 bridgehead atoms. The van der Waals surface area contributed by atoms with Gasteiger partial charge in [0.25, 0.3) is 5.92 Å². The number of nitrogens with zero attached hydrogens (tertiary/aromatic N) is 4. The van der Waals surface area contributed by atoms with Crippen molar-refractivity contribution in [3.05, 3.63) is 30.2 Å². The summed E-state index contributed by atoms with van der Waals surface area (Å²) in [5.41, 5.74) is 7.70. The Labute approximate surface area is 131 Å². The average molecular weight is 318 g/mol. The maximum absolute atomic E-state index is 13.4. The number of anilines is 2. The molecule has 6 nitrogen and oxygen atoms in total. The summed E-state index contributed by atoms with van der Waals surface area (Å²) in [6.07, 6.45) is 4.36. The lowest BCUT2D eigenvalue weighted by atomic mass is 10.1. The van der Waals surface area contributed by atoms with Gasteiger partial charge in [0.15, 0.2) is 0 Å². The highest BCUT2D eigenvalue weighted by molar-refractivity contribution is 6.01. The standard InChI is InChI=1S/C15H16F2N6/c1-9(18)11-4-10(5-21-14(11)19)12-6-20-7-13(22-12)23-3-2-15(16,17)8-23/h4-7,18H,2-3,8H2,1H3,(H2,19,21). The molecule has 0 aromatic carbocycles. The van der Waals surface area contributed by atoms with Gasteiger partial charge in [0.05, 0.1) is 24.6 Å². The second kappa shape index (κ2) is 5.53. The number of hydrogen-bond donors (Lipinski definition) is 2. The fourth-order valence-corrected chi connectivity index (χ4v) is 2.49. The smallest absolute Gasteiger partial charge is 0.266 e. The van der Waals surface area contributed by atoms with Gasteiger partial charge in [0.1, 0.15) is 11.6 Å². The van der Waals surface area contributed by atoms with E-state index >= 15 is 0 Å². The lowest BCUT2D eigenvalue weighted by Gasteiger charge is -2.17. The molecule has 23 heavy (non-hydrogen) atoms. The van der Waals surface area contributed by atoms with Crippen LogP contribution in [0.25, 0.3) is 11.3 Å². The van der Waals surface area contributed by atoms with E-state index in [4.69, 9.17) is 11.1 Å². The number of pyridine rings is 1. The lowest BCUT2D eigenvalue weighted by Crippen LogP contribution is -2.25. The van der Waals surface area contributed by atoms with E-state index in [2.05, 4.69) is 15.0 Å². The minimum absolute atomic E-state index is 0.181. The van der Waals surface area contributed by atoms with Crippen LogP contribution < -0.4 is 10.6 Å². The molecule has 0 unspecified atom stereocenters. The molecule has 1 aliphatic heterocycles. The Hall–Kier alpha value is -2.64. The molecule has 1 aliphatic rings. The van der Waals surface area contributed by atoms with Crippen LogP contribution >= 0.6 is 0 Å². The zero-order valence-corrected chi connectivity index (χ0v) is 12.6. The molecular formula is C15H16F2N6. The third kappa shape index (κ3) is 3.10. The first-order valence-electron chi connectivity index (χ1n) is 7.12. The first kappa shape index (κ1) is 15.3. The first-order chi connectivity index (χ1) is 10.9. The molecular weight excluding hydrogens is 302 g/mol. The number of alkyl halides is 2. The Balaban J connectivity index is 1.94. The van der Waals surface area contributed by atoms with Crippen LogP contribution in [0.1, 0.15) is 18.9 Å². The Bertz CT molecular complexity index is 761. The van der Waals surface area contributed by atoms with Crippen molar-refractivity contribution in [3.63, 3.8) is 0 Å². The van der Waals surface area contributed by atoms with E-state index in [1.807, 2.05) is 0 Å². The summed E-state index contributed by atoms with van der Waals surface area (Å²) < 4.78 is 26.7. The van der Waals surface area contributed by atoms with Gasteiger partial charge in [-0.05, 0) is 13.0 Å². The number of nitrogens with two attached hydrogens (primary N) is 1. The van der Waals surface area contributed by atoms with E-state index in [9.17, 15) is 8.78 Å². The van der Waals surface area contributed by atoms with Crippen LogP contribution in [-0.4, -0.2) is 39.7 Å². The topological polar surface area (TPSA) is 91.8 Å². The zero-order chi connectivity index (χ0) is 16.6. The zero-order valence-electron chi connectivity index (χ0n) is 12.6. The van der Waals surface area contributed by atoms with E-state index in [0.29, 0.717) is 28.4 Å². The SMILES string of the molecule is CC(=N)c1cc(-c2cncc(N3CCC(F)(F)C3)n2)cnc1N. The molecule has 8 heteroatoms. The maximum atomic E-state index is 13.4. The van der Waals surface area contributed by atoms with E-state index in [1.165, 1.54) is 23.5 Å². The molecule has 3 N–H and O–H groups in total. The van der Waals surface area contributed by atoms with Gasteiger partial charge < -0.3 is 16.0 Å². The summed E-state index contributed by atoms with van der Waals surface area (Å²) in [5.74, 6) is -2.01. The van der Waals surface area contributed by atoms with Crippen molar-refractivity contribution >= 4 is 17.3 Å². The number of halogens is 2. The van der Waals surface area contributed by atoms with E-state index < -0.39 is 5.92 Å². The third-order valence-corrected chi connectivity index (χ3v) is 3.73. The molecule has 2 aromatic heterocycles. The highest BCUT2D eigenvalue weighted by atomic mass is 19.3. The molecule has 0 aliphatic carbocycles. The van der Waals surface area contributed by atoms with Crippen LogP contribution in [0.3, 0.4) is 0 Å². The molecule has 3 heterocycles. The second-order valence-corrected chi connectivity index (χ2v) is 5.57. The summed E-state index contributed by atoms with van der Waals surface area (Å²) in [4.78, 5) is 14.1. The summed E-state index contributed by atoms with van der Waals surface area (Å²) in [7, 11) is 0. The number of nitrogen functional groups attached to an aromatic ring is 1. The minimum Gasteiger partial charge on any atom is -0.383 e. The van der Waals surface area contributed by atoms with Gasteiger partial charge in [-0.2, -0.15) is 0 Å². The number of aromatic nitrogens is 3. The van der Waals surface area contributed by atoms with Gasteiger partial charge in [0, 0.05) is 36.0 Å². The first-order valence-corrected chi connectivity index (χ1v) is 7.12. The molecule has 0 saturated carbocycles. The summed E-state index contributed by atoms with van der Waals surface area (Å²) in [5, 5.41) is 7.71. The third-order valence-electron chi connectivity index (χ3n) is 3.73. The van der Waals surface area contributed by atoms with Gasteiger partial charge in [0.2, 0.25) is 0 Å². The van der Waals surface area contributed by atoms with Gasteiger partial charge in [-0.1, -0.05) is 0 Å². The normalized spacial score (nSPS) is 16.6. The lowest BCUT2D eigenvalue weighted by molar-refractivity contribution is 0.0256. The maximum Gasteiger partial charge on any atom is 0.266 e. The van der Waals surface area contributed by atoms with Gasteiger partial charge in [-0.15, -0.1) is 0 Å². The molecule has 1 saturated heterocycles. The summed E-state index contributed by atoms with van der Waals surface area (Å²) in [6.45, 7) is 1.51. The van der Waals surface area contributed by atoms with Gasteiger partial charge >= 0.3 is 0 Å². The van der Waals surface area contributed by atoms with Crippen LogP contribution in [0.4, 0.5) is 20.4 Å². The van der Waals surface area contributed by atoms with Crippen molar-refractivity contribution < 1.29 is 8.78 Å². The summed E-state index contributed by atoms with van der Waals surface area (Å²) in [6, 6.07) is 1.71. The highest BCUT2D eigenvalue weighted by Crippen LogP contribution is 2.30. The Morgan fingerprint density at radius 2 is 2.13 bits per heavy atom. The highest BCUT2D eigenvalue weighted by Gasteiger charge is 2.38. The van der Waals surface area contributed by atoms with Crippen molar-refractivity contribution in [2.24, 2.45) is 0 Å². The Morgan fingerprint density at radius 3 is 2.78 bits per heavy atom. The van der Waals surface area contributed by atoms with E-state index in [-0.39, 0.29) is 25.3 Å². The fourth-order valence-electron chi connectivity index (χ4n) is 2.49. The number of nitrogens with one attached hydrogen (secondary N) is 1. The fraction of sp³-hybridized carbons (Fsp3) is 0.333. The molecule has 0 spiro atoms. The average Bonchev–Trinajstić information content (AvgIpc) is 2.88. The van der Waals surface area contributed by atoms with Crippen LogP contribution in [0.15, 0.2) is 24.7 Å². The minimum atomic E-state index is -2.69. The quantitative estimate of drug-likeness (QED) is 0.848. The van der Waals surface area contributed by atoms with E-state index in [1.54, 1.807) is 13.0 Å². The van der Waals surface area contributed by atoms with E-state index in [0.717, 1.165) is 0 Å².